The average molecular weight is 206 g/mol. The quantitative estimate of drug-likeness (QED) is 0.496. The Morgan fingerprint density at radius 1 is 1.53 bits per heavy atom. The van der Waals surface area contributed by atoms with Gasteiger partial charge in [0, 0.05) is 5.92 Å². The van der Waals surface area contributed by atoms with Gasteiger partial charge in [-0.3, -0.25) is 4.79 Å². The highest BCUT2D eigenvalue weighted by molar-refractivity contribution is 5.94. The maximum absolute atomic E-state index is 12.0. The normalized spacial score (nSPS) is 30.3. The molecule has 15 heavy (non-hydrogen) atoms. The molecule has 1 heteroatoms. The monoisotopic (exact) mass is 206 g/mol. The van der Waals surface area contributed by atoms with Gasteiger partial charge in [-0.15, -0.1) is 0 Å². The van der Waals surface area contributed by atoms with Crippen LogP contribution in [-0.2, 0) is 4.79 Å². The molecule has 0 radical (unpaired) electrons. The van der Waals surface area contributed by atoms with Crippen LogP contribution in [-0.4, -0.2) is 5.78 Å². The minimum Gasteiger partial charge on any atom is -0.294 e. The molecule has 0 saturated carbocycles. The molecule has 1 aliphatic rings. The highest BCUT2D eigenvalue weighted by atomic mass is 16.1. The van der Waals surface area contributed by atoms with Gasteiger partial charge < -0.3 is 0 Å². The molecule has 0 N–H and O–H groups in total. The van der Waals surface area contributed by atoms with Crippen LogP contribution in [0.5, 0.6) is 0 Å². The molecule has 0 bridgehead atoms. The van der Waals surface area contributed by atoms with Crippen LogP contribution < -0.4 is 0 Å². The van der Waals surface area contributed by atoms with Crippen LogP contribution in [0.2, 0.25) is 0 Å². The number of hydrogen-bond donors (Lipinski definition) is 0. The van der Waals surface area contributed by atoms with E-state index in [9.17, 15) is 4.79 Å². The van der Waals surface area contributed by atoms with E-state index < -0.39 is 0 Å². The summed E-state index contributed by atoms with van der Waals surface area (Å²) in [5.41, 5.74) is 1.33. The number of hydrogen-bond acceptors (Lipinski definition) is 1. The van der Waals surface area contributed by atoms with Gasteiger partial charge >= 0.3 is 0 Å². The summed E-state index contributed by atoms with van der Waals surface area (Å²) in [5.74, 6) is 0.919. The zero-order chi connectivity index (χ0) is 11.6. The van der Waals surface area contributed by atoms with E-state index in [4.69, 9.17) is 0 Å². The van der Waals surface area contributed by atoms with Crippen molar-refractivity contribution < 1.29 is 4.79 Å². The van der Waals surface area contributed by atoms with Crippen LogP contribution in [0, 0.1) is 17.3 Å². The van der Waals surface area contributed by atoms with E-state index in [2.05, 4.69) is 33.8 Å². The van der Waals surface area contributed by atoms with Crippen molar-refractivity contribution in [1.29, 1.82) is 0 Å². The molecule has 0 amide bonds. The molecule has 2 atom stereocenters. The first-order chi connectivity index (χ1) is 6.88. The molecule has 0 spiro atoms. The molecule has 0 aromatic rings. The predicted molar refractivity (Wildman–Crippen MR) is 64.6 cm³/mol. The van der Waals surface area contributed by atoms with Crippen molar-refractivity contribution in [2.24, 2.45) is 17.3 Å². The highest BCUT2D eigenvalue weighted by Gasteiger charge is 2.38. The van der Waals surface area contributed by atoms with E-state index in [1.165, 1.54) is 5.57 Å². The molecule has 1 rings (SSSR count). The minimum atomic E-state index is 0.0740. The second-order valence-electron chi connectivity index (χ2n) is 5.42. The van der Waals surface area contributed by atoms with E-state index in [0.717, 1.165) is 6.42 Å². The van der Waals surface area contributed by atoms with Gasteiger partial charge in [0.25, 0.3) is 0 Å². The van der Waals surface area contributed by atoms with Gasteiger partial charge in [-0.2, -0.15) is 0 Å². The van der Waals surface area contributed by atoms with Gasteiger partial charge in [0.2, 0.25) is 0 Å². The Balaban J connectivity index is 3.03. The summed E-state index contributed by atoms with van der Waals surface area (Å²) in [6.07, 6.45) is 6.89. The lowest BCUT2D eigenvalue weighted by Crippen LogP contribution is -2.35. The Hall–Kier alpha value is -0.850. The summed E-state index contributed by atoms with van der Waals surface area (Å²) in [4.78, 5) is 12.0. The predicted octanol–water partition coefficient (Wildman–Crippen LogP) is 3.76. The fourth-order valence-corrected chi connectivity index (χ4v) is 3.04. The van der Waals surface area contributed by atoms with E-state index in [0.29, 0.717) is 5.92 Å². The molecule has 0 aromatic carbocycles. The first-order valence-electron chi connectivity index (χ1n) is 5.73. The molecule has 1 aliphatic carbocycles. The first-order valence-corrected chi connectivity index (χ1v) is 5.73. The van der Waals surface area contributed by atoms with Crippen LogP contribution >= 0.6 is 0 Å². The average Bonchev–Trinajstić information content (AvgIpc) is 1.99. The van der Waals surface area contributed by atoms with Crippen LogP contribution in [0.25, 0.3) is 0 Å². The zero-order valence-electron chi connectivity index (χ0n) is 10.5. The molecule has 0 aromatic heterocycles. The lowest BCUT2D eigenvalue weighted by molar-refractivity contribution is -0.120. The maximum atomic E-state index is 12.0. The molecular weight excluding hydrogens is 184 g/mol. The smallest absolute Gasteiger partial charge is 0.162 e. The molecular formula is C14H22O. The molecule has 0 unspecified atom stereocenters. The SMILES string of the molecule is C/C=C/C(=O)[C@H]1C(C)=C[C@H](C)CC1(C)C. The number of allylic oxidation sites excluding steroid dienone is 4. The van der Waals surface area contributed by atoms with Gasteiger partial charge in [0.05, 0.1) is 0 Å². The molecule has 1 nitrogen and oxygen atoms in total. The second kappa shape index (κ2) is 4.34. The van der Waals surface area contributed by atoms with Crippen molar-refractivity contribution in [1.82, 2.24) is 0 Å². The molecule has 0 aliphatic heterocycles. The van der Waals surface area contributed by atoms with Gasteiger partial charge in [0.15, 0.2) is 5.78 Å². The topological polar surface area (TPSA) is 17.1 Å². The highest BCUT2D eigenvalue weighted by Crippen LogP contribution is 2.43. The van der Waals surface area contributed by atoms with Crippen molar-refractivity contribution in [3.8, 4) is 0 Å². The second-order valence-corrected chi connectivity index (χ2v) is 5.42. The largest absolute Gasteiger partial charge is 0.294 e. The first kappa shape index (κ1) is 12.2. The minimum absolute atomic E-state index is 0.0740. The third-order valence-electron chi connectivity index (χ3n) is 3.25. The number of carbonyl (C=O) groups excluding carboxylic acids is 1. The summed E-state index contributed by atoms with van der Waals surface area (Å²) in [6, 6.07) is 0. The summed E-state index contributed by atoms with van der Waals surface area (Å²) in [5, 5.41) is 0. The van der Waals surface area contributed by atoms with Gasteiger partial charge in [-0.25, -0.2) is 0 Å². The van der Waals surface area contributed by atoms with E-state index in [1.54, 1.807) is 6.08 Å². The van der Waals surface area contributed by atoms with Crippen LogP contribution in [0.15, 0.2) is 23.8 Å². The van der Waals surface area contributed by atoms with Crippen LogP contribution in [0.1, 0.15) is 41.0 Å². The molecule has 0 saturated heterocycles. The summed E-state index contributed by atoms with van der Waals surface area (Å²) in [6.45, 7) is 10.6. The molecule has 0 heterocycles. The lowest BCUT2D eigenvalue weighted by Gasteiger charge is -2.39. The van der Waals surface area contributed by atoms with Crippen molar-refractivity contribution in [2.45, 2.75) is 41.0 Å². The van der Waals surface area contributed by atoms with Crippen molar-refractivity contribution >= 4 is 5.78 Å². The lowest BCUT2D eigenvalue weighted by atomic mass is 9.64. The zero-order valence-corrected chi connectivity index (χ0v) is 10.5. The van der Waals surface area contributed by atoms with Crippen LogP contribution in [0.3, 0.4) is 0 Å². The maximum Gasteiger partial charge on any atom is 0.162 e. The summed E-state index contributed by atoms with van der Waals surface area (Å²) in [7, 11) is 0. The van der Waals surface area contributed by atoms with Gasteiger partial charge in [-0.05, 0) is 37.7 Å². The number of ketones is 1. The molecule has 0 fully saturated rings. The standard InChI is InChI=1S/C14H22O/c1-6-7-12(15)13-11(3)8-10(2)9-14(13,4)5/h6-8,10,13H,9H2,1-5H3/b7-6+/t10-,13+/m0/s1. The number of carbonyl (C=O) groups is 1. The van der Waals surface area contributed by atoms with Gasteiger partial charge in [-0.1, -0.05) is 38.5 Å². The van der Waals surface area contributed by atoms with E-state index in [-0.39, 0.29) is 17.1 Å². The Bertz CT molecular complexity index is 307. The van der Waals surface area contributed by atoms with Gasteiger partial charge in [0.1, 0.15) is 0 Å². The summed E-state index contributed by atoms with van der Waals surface area (Å²) >= 11 is 0. The van der Waals surface area contributed by atoms with E-state index in [1.807, 2.05) is 13.0 Å². The fraction of sp³-hybridized carbons (Fsp3) is 0.643. The Labute approximate surface area is 93.3 Å². The van der Waals surface area contributed by atoms with E-state index >= 15 is 0 Å². The molecule has 84 valence electrons. The summed E-state index contributed by atoms with van der Waals surface area (Å²) < 4.78 is 0. The Morgan fingerprint density at radius 3 is 2.60 bits per heavy atom. The van der Waals surface area contributed by atoms with Crippen molar-refractivity contribution in [2.75, 3.05) is 0 Å². The third-order valence-corrected chi connectivity index (χ3v) is 3.25. The van der Waals surface area contributed by atoms with Crippen LogP contribution in [0.4, 0.5) is 0 Å². The Kier molecular flexibility index (Phi) is 3.54. The fourth-order valence-electron chi connectivity index (χ4n) is 3.04. The third kappa shape index (κ3) is 2.58. The Morgan fingerprint density at radius 2 is 2.13 bits per heavy atom. The number of rotatable bonds is 2. The van der Waals surface area contributed by atoms with Crippen molar-refractivity contribution in [3.05, 3.63) is 23.8 Å². The van der Waals surface area contributed by atoms with Crippen molar-refractivity contribution in [3.63, 3.8) is 0 Å².